The van der Waals surface area contributed by atoms with Crippen LogP contribution in [0.15, 0.2) is 30.4 Å². The molecule has 3 atom stereocenters. The first-order chi connectivity index (χ1) is 12.3. The monoisotopic (exact) mass is 359 g/mol. The Bertz CT molecular complexity index is 744. The van der Waals surface area contributed by atoms with Crippen molar-refractivity contribution in [3.05, 3.63) is 46.0 Å². The third-order valence-corrected chi connectivity index (χ3v) is 5.42. The molecular weight excluding hydrogens is 334 g/mol. The Balaban J connectivity index is 1.84. The number of amides is 1. The maximum atomic E-state index is 11.8. The highest BCUT2D eigenvalue weighted by Crippen LogP contribution is 2.49. The lowest BCUT2D eigenvalue weighted by Crippen LogP contribution is -2.51. The van der Waals surface area contributed by atoms with E-state index in [9.17, 15) is 14.9 Å². The average Bonchev–Trinajstić information content (AvgIpc) is 3.09. The van der Waals surface area contributed by atoms with E-state index < -0.39 is 0 Å². The number of hydrogen-bond acceptors (Lipinski definition) is 5. The van der Waals surface area contributed by atoms with Gasteiger partial charge in [-0.15, -0.1) is 0 Å². The van der Waals surface area contributed by atoms with Gasteiger partial charge < -0.3 is 15.4 Å². The average molecular weight is 359 g/mol. The van der Waals surface area contributed by atoms with Crippen LogP contribution in [0, 0.1) is 21.4 Å². The van der Waals surface area contributed by atoms with Gasteiger partial charge in [0.1, 0.15) is 6.61 Å². The number of non-ortho nitro benzene ring substituents is 1. The van der Waals surface area contributed by atoms with Crippen molar-refractivity contribution in [2.24, 2.45) is 11.3 Å². The highest BCUT2D eigenvalue weighted by molar-refractivity contribution is 5.77. The van der Waals surface area contributed by atoms with Crippen LogP contribution in [-0.2, 0) is 9.53 Å². The molecule has 7 heteroatoms. The number of carbonyl (C=O) groups excluding carboxylic acids is 1. The van der Waals surface area contributed by atoms with Gasteiger partial charge in [0.05, 0.1) is 4.92 Å². The number of hydrogen-bond donors (Lipinski definition) is 2. The molecule has 140 valence electrons. The second-order valence-electron chi connectivity index (χ2n) is 7.70. The van der Waals surface area contributed by atoms with Gasteiger partial charge in [-0.3, -0.25) is 14.9 Å². The van der Waals surface area contributed by atoms with Gasteiger partial charge in [-0.2, -0.15) is 0 Å². The van der Waals surface area contributed by atoms with Gasteiger partial charge in [0.2, 0.25) is 5.91 Å². The van der Waals surface area contributed by atoms with Gasteiger partial charge in [0.15, 0.2) is 0 Å². The summed E-state index contributed by atoms with van der Waals surface area (Å²) in [5.74, 6) is 0.331. The summed E-state index contributed by atoms with van der Waals surface area (Å²) < 4.78 is 4.87. The lowest BCUT2D eigenvalue weighted by Gasteiger charge is -2.45. The van der Waals surface area contributed by atoms with E-state index >= 15 is 0 Å². The minimum atomic E-state index is -0.352. The molecule has 1 aromatic carbocycles. The van der Waals surface area contributed by atoms with Gasteiger partial charge in [-0.25, -0.2) is 0 Å². The van der Waals surface area contributed by atoms with Gasteiger partial charge in [0.25, 0.3) is 5.69 Å². The normalized spacial score (nSPS) is 23.7. The highest BCUT2D eigenvalue weighted by Gasteiger charge is 2.44. The molecule has 1 unspecified atom stereocenters. The van der Waals surface area contributed by atoms with Crippen molar-refractivity contribution >= 4 is 17.3 Å². The second-order valence-corrected chi connectivity index (χ2v) is 7.70. The fourth-order valence-electron chi connectivity index (χ4n) is 4.09. The van der Waals surface area contributed by atoms with E-state index in [1.54, 1.807) is 12.1 Å². The Kier molecular flexibility index (Phi) is 5.00. The van der Waals surface area contributed by atoms with Crippen LogP contribution in [-0.4, -0.2) is 37.1 Å². The Hall–Kier alpha value is -2.41. The number of nitro benzene ring substituents is 1. The summed E-state index contributed by atoms with van der Waals surface area (Å²) in [6, 6.07) is 5.15. The second kappa shape index (κ2) is 7.07. The maximum absolute atomic E-state index is 11.8. The quantitative estimate of drug-likeness (QED) is 0.463. The predicted octanol–water partition coefficient (Wildman–Crippen LogP) is 2.84. The summed E-state index contributed by atoms with van der Waals surface area (Å²) in [6.45, 7) is 4.83. The number of allylic oxidation sites excluding steroid dienone is 2. The number of nitro groups is 1. The van der Waals surface area contributed by atoms with E-state index in [0.717, 1.165) is 17.7 Å². The molecule has 1 aliphatic carbocycles. The molecule has 0 bridgehead atoms. The molecule has 0 saturated heterocycles. The van der Waals surface area contributed by atoms with Gasteiger partial charge in [-0.05, 0) is 24.0 Å². The molecule has 1 aromatic rings. The first-order valence-corrected chi connectivity index (χ1v) is 8.80. The molecule has 3 rings (SSSR count). The van der Waals surface area contributed by atoms with Crippen LogP contribution in [0.1, 0.15) is 31.7 Å². The number of anilines is 1. The number of carbonyl (C=O) groups is 1. The number of nitrogens with zero attached hydrogens (tertiary/aromatic N) is 1. The summed E-state index contributed by atoms with van der Waals surface area (Å²) in [4.78, 5) is 22.5. The molecule has 2 N–H and O–H groups in total. The topological polar surface area (TPSA) is 93.5 Å². The van der Waals surface area contributed by atoms with Gasteiger partial charge >= 0.3 is 0 Å². The number of rotatable bonds is 6. The van der Waals surface area contributed by atoms with Crippen molar-refractivity contribution in [2.75, 3.05) is 25.6 Å². The van der Waals surface area contributed by atoms with Crippen molar-refractivity contribution in [3.63, 3.8) is 0 Å². The van der Waals surface area contributed by atoms with E-state index in [-0.39, 0.29) is 40.5 Å². The SMILES string of the molecule is COCC(=O)NCC(C)(C)[C@H]1Nc2ccc([N+](=O)[O-])cc2C2C=CC[C@H]21. The number of nitrogens with one attached hydrogen (secondary N) is 2. The van der Waals surface area contributed by atoms with Crippen LogP contribution in [0.25, 0.3) is 0 Å². The number of fused-ring (bicyclic) bond motifs is 3. The van der Waals surface area contributed by atoms with Crippen LogP contribution in [0.5, 0.6) is 0 Å². The number of ether oxygens (including phenoxy) is 1. The van der Waals surface area contributed by atoms with E-state index in [0.29, 0.717) is 12.5 Å². The van der Waals surface area contributed by atoms with Crippen LogP contribution >= 0.6 is 0 Å². The first-order valence-electron chi connectivity index (χ1n) is 8.80. The maximum Gasteiger partial charge on any atom is 0.269 e. The standard InChI is InChI=1S/C19H25N3O4/c1-19(2,11-20-17(23)10-26-3)18-14-6-4-5-13(14)15-9-12(22(24)25)7-8-16(15)21-18/h4-5,7-9,13-14,18,21H,6,10-11H2,1-3H3,(H,20,23)/t13?,14-,18+/m1/s1. The summed E-state index contributed by atoms with van der Waals surface area (Å²) in [5, 5.41) is 17.6. The zero-order chi connectivity index (χ0) is 18.9. The molecule has 7 nitrogen and oxygen atoms in total. The molecule has 0 fully saturated rings. The molecule has 1 aliphatic heterocycles. The Morgan fingerprint density at radius 1 is 1.46 bits per heavy atom. The molecule has 0 aromatic heterocycles. The first kappa shape index (κ1) is 18.4. The molecular formula is C19H25N3O4. The number of methoxy groups -OCH3 is 1. The summed E-state index contributed by atoms with van der Waals surface area (Å²) >= 11 is 0. The molecule has 1 amide bonds. The van der Waals surface area contributed by atoms with Gasteiger partial charge in [-0.1, -0.05) is 26.0 Å². The smallest absolute Gasteiger partial charge is 0.269 e. The minimum Gasteiger partial charge on any atom is -0.381 e. The van der Waals surface area contributed by atoms with Crippen molar-refractivity contribution in [1.29, 1.82) is 0 Å². The van der Waals surface area contributed by atoms with Crippen LogP contribution in [0.3, 0.4) is 0 Å². The summed E-state index contributed by atoms with van der Waals surface area (Å²) in [6.07, 6.45) is 5.22. The third kappa shape index (κ3) is 3.44. The van der Waals surface area contributed by atoms with E-state index in [1.165, 1.54) is 13.2 Å². The van der Waals surface area contributed by atoms with Crippen molar-refractivity contribution in [2.45, 2.75) is 32.2 Å². The molecule has 1 heterocycles. The molecule has 0 radical (unpaired) electrons. The molecule has 26 heavy (non-hydrogen) atoms. The zero-order valence-electron chi connectivity index (χ0n) is 15.3. The van der Waals surface area contributed by atoms with Crippen molar-refractivity contribution in [3.8, 4) is 0 Å². The van der Waals surface area contributed by atoms with E-state index in [4.69, 9.17) is 4.74 Å². The summed E-state index contributed by atoms with van der Waals surface area (Å²) in [5.41, 5.74) is 1.84. The predicted molar refractivity (Wildman–Crippen MR) is 99.2 cm³/mol. The van der Waals surface area contributed by atoms with E-state index in [2.05, 4.69) is 36.6 Å². The minimum absolute atomic E-state index is 0.0499. The van der Waals surface area contributed by atoms with Crippen molar-refractivity contribution < 1.29 is 14.5 Å². The number of benzene rings is 1. The van der Waals surface area contributed by atoms with Crippen molar-refractivity contribution in [1.82, 2.24) is 5.32 Å². The Morgan fingerprint density at radius 3 is 2.92 bits per heavy atom. The van der Waals surface area contributed by atoms with Gasteiger partial charge in [0, 0.05) is 48.8 Å². The van der Waals surface area contributed by atoms with Crippen LogP contribution in [0.4, 0.5) is 11.4 Å². The fraction of sp³-hybridized carbons (Fsp3) is 0.526. The lowest BCUT2D eigenvalue weighted by molar-refractivity contribution is -0.384. The third-order valence-electron chi connectivity index (χ3n) is 5.42. The highest BCUT2D eigenvalue weighted by atomic mass is 16.6. The molecule has 0 saturated carbocycles. The molecule has 2 aliphatic rings. The zero-order valence-corrected chi connectivity index (χ0v) is 15.3. The van der Waals surface area contributed by atoms with E-state index in [1.807, 2.05) is 0 Å². The van der Waals surface area contributed by atoms with Crippen LogP contribution in [0.2, 0.25) is 0 Å². The lowest BCUT2D eigenvalue weighted by atomic mass is 9.69. The largest absolute Gasteiger partial charge is 0.381 e. The Labute approximate surface area is 153 Å². The summed E-state index contributed by atoms with van der Waals surface area (Å²) in [7, 11) is 1.50. The molecule has 0 spiro atoms. The fourth-order valence-corrected chi connectivity index (χ4v) is 4.09. The Morgan fingerprint density at radius 2 is 2.23 bits per heavy atom. The van der Waals surface area contributed by atoms with Crippen LogP contribution < -0.4 is 10.6 Å².